The van der Waals surface area contributed by atoms with Gasteiger partial charge in [0.2, 0.25) is 0 Å². The second-order valence-electron chi connectivity index (χ2n) is 6.31. The van der Waals surface area contributed by atoms with Crippen molar-refractivity contribution in [3.8, 4) is 11.8 Å². The van der Waals surface area contributed by atoms with Gasteiger partial charge in [0.25, 0.3) is 0 Å². The zero-order chi connectivity index (χ0) is 14.9. The van der Waals surface area contributed by atoms with Crippen LogP contribution < -0.4 is 5.32 Å². The molecule has 0 aromatic carbocycles. The maximum absolute atomic E-state index is 4.43. The third-order valence-electron chi connectivity index (χ3n) is 3.97. The van der Waals surface area contributed by atoms with E-state index in [-0.39, 0.29) is 0 Å². The summed E-state index contributed by atoms with van der Waals surface area (Å²) < 4.78 is 0. The van der Waals surface area contributed by atoms with Gasteiger partial charge in [-0.05, 0) is 36.0 Å². The molecule has 1 aromatic heterocycles. The predicted octanol–water partition coefficient (Wildman–Crippen LogP) is 3.03. The number of nitrogens with one attached hydrogen (secondary N) is 1. The lowest BCUT2D eigenvalue weighted by Gasteiger charge is -2.33. The van der Waals surface area contributed by atoms with E-state index in [0.29, 0.717) is 5.41 Å². The second-order valence-corrected chi connectivity index (χ2v) is 6.31. The van der Waals surface area contributed by atoms with Gasteiger partial charge in [-0.3, -0.25) is 0 Å². The highest BCUT2D eigenvalue weighted by molar-refractivity contribution is 5.47. The van der Waals surface area contributed by atoms with E-state index < -0.39 is 0 Å². The lowest BCUT2D eigenvalue weighted by atomic mass is 9.85. The summed E-state index contributed by atoms with van der Waals surface area (Å²) in [6.07, 6.45) is 5.79. The minimum atomic E-state index is 0.299. The summed E-state index contributed by atoms with van der Waals surface area (Å²) in [6.45, 7) is 6.64. The normalized spacial score (nSPS) is 19.1. The summed E-state index contributed by atoms with van der Waals surface area (Å²) in [5.74, 6) is 7.29. The molecule has 0 radical (unpaired) electrons. The molecule has 3 rings (SSSR count). The van der Waals surface area contributed by atoms with Crippen LogP contribution in [-0.4, -0.2) is 30.0 Å². The molecular formula is C18H21N3. The Hall–Kier alpha value is -2.21. The molecular weight excluding hydrogens is 258 g/mol. The fourth-order valence-corrected chi connectivity index (χ4v) is 2.71. The zero-order valence-corrected chi connectivity index (χ0v) is 12.9. The maximum atomic E-state index is 4.43. The first-order valence-electron chi connectivity index (χ1n) is 7.41. The van der Waals surface area contributed by atoms with Gasteiger partial charge >= 0.3 is 0 Å². The third kappa shape index (κ3) is 3.11. The molecule has 0 unspecified atom stereocenters. The van der Waals surface area contributed by atoms with Crippen molar-refractivity contribution in [1.82, 2.24) is 9.88 Å². The van der Waals surface area contributed by atoms with Crippen molar-refractivity contribution in [2.75, 3.05) is 25.5 Å². The van der Waals surface area contributed by atoms with Gasteiger partial charge < -0.3 is 10.2 Å². The maximum Gasteiger partial charge on any atom is 0.127 e. The van der Waals surface area contributed by atoms with Crippen LogP contribution in [0.4, 0.5) is 5.82 Å². The van der Waals surface area contributed by atoms with Crippen molar-refractivity contribution < 1.29 is 0 Å². The van der Waals surface area contributed by atoms with Crippen molar-refractivity contribution in [2.24, 2.45) is 5.41 Å². The Kier molecular flexibility index (Phi) is 3.47. The number of anilines is 1. The average molecular weight is 279 g/mol. The van der Waals surface area contributed by atoms with Crippen LogP contribution in [0.3, 0.4) is 0 Å². The Morgan fingerprint density at radius 1 is 1.29 bits per heavy atom. The van der Waals surface area contributed by atoms with Crippen LogP contribution in [0.5, 0.6) is 0 Å². The molecule has 1 N–H and O–H groups in total. The van der Waals surface area contributed by atoms with Crippen LogP contribution in [0, 0.1) is 17.3 Å². The van der Waals surface area contributed by atoms with Crippen LogP contribution in [0.15, 0.2) is 41.6 Å². The van der Waals surface area contributed by atoms with Crippen molar-refractivity contribution in [2.45, 2.75) is 20.3 Å². The van der Waals surface area contributed by atoms with Crippen molar-refractivity contribution in [3.05, 3.63) is 47.3 Å². The number of aromatic nitrogens is 1. The summed E-state index contributed by atoms with van der Waals surface area (Å²) in [4.78, 5) is 6.84. The number of pyridine rings is 1. The first kappa shape index (κ1) is 13.8. The summed E-state index contributed by atoms with van der Waals surface area (Å²) >= 11 is 0. The Bertz CT molecular complexity index is 671. The van der Waals surface area contributed by atoms with E-state index >= 15 is 0 Å². The van der Waals surface area contributed by atoms with Gasteiger partial charge in [0.1, 0.15) is 11.5 Å². The van der Waals surface area contributed by atoms with Crippen LogP contribution in [0.2, 0.25) is 0 Å². The second kappa shape index (κ2) is 5.29. The predicted molar refractivity (Wildman–Crippen MR) is 86.8 cm³/mol. The van der Waals surface area contributed by atoms with Crippen molar-refractivity contribution in [3.63, 3.8) is 0 Å². The van der Waals surface area contributed by atoms with Crippen molar-refractivity contribution in [1.29, 1.82) is 0 Å². The van der Waals surface area contributed by atoms with Gasteiger partial charge in [0.05, 0.1) is 6.54 Å². The Labute approximate surface area is 126 Å². The van der Waals surface area contributed by atoms with Crippen LogP contribution in [0.1, 0.15) is 26.0 Å². The largest absolute Gasteiger partial charge is 0.373 e. The number of allylic oxidation sites excluding steroid dienone is 2. The summed E-state index contributed by atoms with van der Waals surface area (Å²) in [5.41, 5.74) is 3.61. The number of fused-ring (bicyclic) bond motifs is 1. The summed E-state index contributed by atoms with van der Waals surface area (Å²) in [5, 5.41) is 3.03. The number of hydrogen-bond donors (Lipinski definition) is 1. The quantitative estimate of drug-likeness (QED) is 0.801. The summed E-state index contributed by atoms with van der Waals surface area (Å²) in [7, 11) is 1.87. The summed E-state index contributed by atoms with van der Waals surface area (Å²) in [6, 6.07) is 5.85. The molecule has 3 heteroatoms. The van der Waals surface area contributed by atoms with Gasteiger partial charge in [-0.15, -0.1) is 0 Å². The molecule has 2 aliphatic heterocycles. The highest BCUT2D eigenvalue weighted by atomic mass is 15.2. The molecule has 21 heavy (non-hydrogen) atoms. The van der Waals surface area contributed by atoms with E-state index in [9.17, 15) is 0 Å². The van der Waals surface area contributed by atoms with E-state index in [1.54, 1.807) is 0 Å². The number of hydrogen-bond acceptors (Lipinski definition) is 3. The molecule has 0 saturated heterocycles. The molecule has 0 fully saturated rings. The minimum Gasteiger partial charge on any atom is -0.373 e. The first-order chi connectivity index (χ1) is 10.1. The molecule has 0 spiro atoms. The number of rotatable bonds is 1. The van der Waals surface area contributed by atoms with E-state index in [1.807, 2.05) is 25.2 Å². The van der Waals surface area contributed by atoms with Gasteiger partial charge in [-0.2, -0.15) is 0 Å². The average Bonchev–Trinajstić information content (AvgIpc) is 2.86. The highest BCUT2D eigenvalue weighted by Crippen LogP contribution is 2.34. The molecule has 0 saturated carbocycles. The first-order valence-corrected chi connectivity index (χ1v) is 7.41. The molecule has 1 aromatic rings. The van der Waals surface area contributed by atoms with Crippen LogP contribution >= 0.6 is 0 Å². The molecule has 0 bridgehead atoms. The zero-order valence-electron chi connectivity index (χ0n) is 12.9. The van der Waals surface area contributed by atoms with Gasteiger partial charge in [0.15, 0.2) is 0 Å². The molecule has 3 nitrogen and oxygen atoms in total. The van der Waals surface area contributed by atoms with Crippen LogP contribution in [-0.2, 0) is 0 Å². The molecule has 108 valence electrons. The lowest BCUT2D eigenvalue weighted by molar-refractivity contribution is 0.286. The molecule has 2 aliphatic rings. The third-order valence-corrected chi connectivity index (χ3v) is 3.97. The van der Waals surface area contributed by atoms with Gasteiger partial charge in [0, 0.05) is 24.9 Å². The van der Waals surface area contributed by atoms with Gasteiger partial charge in [-0.25, -0.2) is 4.98 Å². The Morgan fingerprint density at radius 3 is 2.95 bits per heavy atom. The van der Waals surface area contributed by atoms with E-state index in [1.165, 1.54) is 17.7 Å². The Morgan fingerprint density at radius 2 is 2.14 bits per heavy atom. The van der Waals surface area contributed by atoms with Gasteiger partial charge in [-0.1, -0.05) is 31.9 Å². The van der Waals surface area contributed by atoms with Crippen LogP contribution in [0.25, 0.3) is 0 Å². The van der Waals surface area contributed by atoms with E-state index in [4.69, 9.17) is 0 Å². The van der Waals surface area contributed by atoms with E-state index in [0.717, 1.165) is 24.6 Å². The lowest BCUT2D eigenvalue weighted by Crippen LogP contribution is -2.30. The molecule has 3 heterocycles. The SMILES string of the molecule is CNc1cccc(C#CC2=CC3=CC(C)(C)CCN3C2)n1. The Balaban J connectivity index is 1.80. The standard InChI is InChI=1S/C18H21N3/c1-18(2)9-10-21-13-14(11-16(21)12-18)7-8-15-5-4-6-17(19-3)20-15/h4-6,11-12H,9-10,13H2,1-3H3,(H,19,20). The number of nitrogens with zero attached hydrogens (tertiary/aromatic N) is 2. The molecule has 0 amide bonds. The smallest absolute Gasteiger partial charge is 0.127 e. The fraction of sp³-hybridized carbons (Fsp3) is 0.389. The highest BCUT2D eigenvalue weighted by Gasteiger charge is 2.27. The fourth-order valence-electron chi connectivity index (χ4n) is 2.71. The topological polar surface area (TPSA) is 28.2 Å². The van der Waals surface area contributed by atoms with Crippen molar-refractivity contribution >= 4 is 5.82 Å². The molecule has 0 aliphatic carbocycles. The monoisotopic (exact) mass is 279 g/mol. The van der Waals surface area contributed by atoms with E-state index in [2.05, 4.69) is 53.0 Å². The minimum absolute atomic E-state index is 0.299. The molecule has 0 atom stereocenters.